The molecule has 0 fully saturated rings. The minimum absolute atomic E-state index is 0.815. The SMILES string of the molecule is Cc1cc(N)cc(/C=C/c2ccc(C)c(C)c2)c1. The molecule has 0 aliphatic heterocycles. The molecule has 2 N–H and O–H groups in total. The molecule has 0 amide bonds. The van der Waals surface area contributed by atoms with E-state index >= 15 is 0 Å². The lowest BCUT2D eigenvalue weighted by Gasteiger charge is -2.02. The summed E-state index contributed by atoms with van der Waals surface area (Å²) in [7, 11) is 0. The average Bonchev–Trinajstić information content (AvgIpc) is 2.29. The van der Waals surface area contributed by atoms with Gasteiger partial charge in [0.2, 0.25) is 0 Å². The molecule has 0 saturated heterocycles. The summed E-state index contributed by atoms with van der Waals surface area (Å²) < 4.78 is 0. The molecule has 0 aliphatic rings. The van der Waals surface area contributed by atoms with Gasteiger partial charge in [-0.2, -0.15) is 0 Å². The van der Waals surface area contributed by atoms with Gasteiger partial charge in [0, 0.05) is 5.69 Å². The first-order valence-electron chi connectivity index (χ1n) is 6.17. The van der Waals surface area contributed by atoms with E-state index in [0.29, 0.717) is 0 Å². The Bertz CT molecular complexity index is 574. The largest absolute Gasteiger partial charge is 0.399 e. The highest BCUT2D eigenvalue weighted by Gasteiger charge is 1.95. The van der Waals surface area contributed by atoms with E-state index in [4.69, 9.17) is 5.73 Å². The summed E-state index contributed by atoms with van der Waals surface area (Å²) in [6.07, 6.45) is 4.23. The second-order valence-corrected chi connectivity index (χ2v) is 4.85. The van der Waals surface area contributed by atoms with Gasteiger partial charge in [-0.1, -0.05) is 36.4 Å². The molecule has 2 aromatic carbocycles. The fraction of sp³-hybridized carbons (Fsp3) is 0.176. The molecule has 0 heterocycles. The molecule has 0 aromatic heterocycles. The van der Waals surface area contributed by atoms with Crippen LogP contribution in [0.3, 0.4) is 0 Å². The van der Waals surface area contributed by atoms with E-state index in [1.165, 1.54) is 22.3 Å². The Hall–Kier alpha value is -2.02. The summed E-state index contributed by atoms with van der Waals surface area (Å²) in [6, 6.07) is 12.6. The molecule has 92 valence electrons. The number of nitrogen functional groups attached to an aromatic ring is 1. The van der Waals surface area contributed by atoms with Crippen molar-refractivity contribution < 1.29 is 0 Å². The van der Waals surface area contributed by atoms with Gasteiger partial charge in [-0.3, -0.25) is 0 Å². The van der Waals surface area contributed by atoms with Gasteiger partial charge in [-0.25, -0.2) is 0 Å². The van der Waals surface area contributed by atoms with Crippen LogP contribution < -0.4 is 5.73 Å². The quantitative estimate of drug-likeness (QED) is 0.609. The molecule has 18 heavy (non-hydrogen) atoms. The number of anilines is 1. The fourth-order valence-corrected chi connectivity index (χ4v) is 2.00. The highest BCUT2D eigenvalue weighted by Crippen LogP contribution is 2.16. The molecule has 0 radical (unpaired) electrons. The van der Waals surface area contributed by atoms with Crippen LogP contribution in [0, 0.1) is 20.8 Å². The maximum absolute atomic E-state index is 5.84. The topological polar surface area (TPSA) is 26.0 Å². The number of nitrogens with two attached hydrogens (primary N) is 1. The molecule has 0 unspecified atom stereocenters. The van der Waals surface area contributed by atoms with Gasteiger partial charge in [0.05, 0.1) is 0 Å². The van der Waals surface area contributed by atoms with Crippen molar-refractivity contribution in [2.24, 2.45) is 0 Å². The highest BCUT2D eigenvalue weighted by atomic mass is 14.5. The summed E-state index contributed by atoms with van der Waals surface area (Å²) in [5, 5.41) is 0. The first-order valence-corrected chi connectivity index (χ1v) is 6.17. The van der Waals surface area contributed by atoms with Crippen molar-refractivity contribution in [1.82, 2.24) is 0 Å². The molecule has 0 atom stereocenters. The van der Waals surface area contributed by atoms with Gasteiger partial charge < -0.3 is 5.73 Å². The van der Waals surface area contributed by atoms with Crippen molar-refractivity contribution in [3.05, 3.63) is 64.2 Å². The molecule has 1 heteroatoms. The van der Waals surface area contributed by atoms with E-state index < -0.39 is 0 Å². The second kappa shape index (κ2) is 5.09. The van der Waals surface area contributed by atoms with E-state index in [9.17, 15) is 0 Å². The van der Waals surface area contributed by atoms with Crippen LogP contribution in [0.25, 0.3) is 12.2 Å². The van der Waals surface area contributed by atoms with E-state index in [2.05, 4.69) is 57.2 Å². The van der Waals surface area contributed by atoms with E-state index in [1.54, 1.807) is 0 Å². The normalized spacial score (nSPS) is 11.1. The average molecular weight is 237 g/mol. The van der Waals surface area contributed by atoms with Crippen molar-refractivity contribution in [2.75, 3.05) is 5.73 Å². The lowest BCUT2D eigenvalue weighted by Crippen LogP contribution is -1.87. The summed E-state index contributed by atoms with van der Waals surface area (Å²) >= 11 is 0. The molecule has 0 saturated carbocycles. The van der Waals surface area contributed by atoms with Crippen LogP contribution in [0.15, 0.2) is 36.4 Å². The van der Waals surface area contributed by atoms with Gasteiger partial charge in [0.1, 0.15) is 0 Å². The highest BCUT2D eigenvalue weighted by molar-refractivity contribution is 5.71. The first-order chi connectivity index (χ1) is 8.54. The van der Waals surface area contributed by atoms with Crippen molar-refractivity contribution in [2.45, 2.75) is 20.8 Å². The number of rotatable bonds is 2. The van der Waals surface area contributed by atoms with Gasteiger partial charge in [0.15, 0.2) is 0 Å². The predicted octanol–water partition coefficient (Wildman–Crippen LogP) is 4.36. The number of hydrogen-bond donors (Lipinski definition) is 1. The lowest BCUT2D eigenvalue weighted by atomic mass is 10.0. The molecule has 0 spiro atoms. The van der Waals surface area contributed by atoms with Crippen molar-refractivity contribution in [1.29, 1.82) is 0 Å². The van der Waals surface area contributed by atoms with Crippen molar-refractivity contribution >= 4 is 17.8 Å². The zero-order valence-electron chi connectivity index (χ0n) is 11.2. The Balaban J connectivity index is 2.27. The zero-order valence-corrected chi connectivity index (χ0v) is 11.2. The Morgan fingerprint density at radius 2 is 1.50 bits per heavy atom. The molecule has 2 aromatic rings. The maximum atomic E-state index is 5.84. The molecule has 0 bridgehead atoms. The fourth-order valence-electron chi connectivity index (χ4n) is 2.00. The lowest BCUT2D eigenvalue weighted by molar-refractivity contribution is 1.33. The van der Waals surface area contributed by atoms with Crippen molar-refractivity contribution in [3.8, 4) is 0 Å². The maximum Gasteiger partial charge on any atom is 0.0322 e. The Labute approximate surface area is 109 Å². The molecular weight excluding hydrogens is 218 g/mol. The predicted molar refractivity (Wildman–Crippen MR) is 80.4 cm³/mol. The Kier molecular flexibility index (Phi) is 3.52. The monoisotopic (exact) mass is 237 g/mol. The van der Waals surface area contributed by atoms with Crippen LogP contribution >= 0.6 is 0 Å². The molecular formula is C17H19N. The van der Waals surface area contributed by atoms with Gasteiger partial charge in [0.25, 0.3) is 0 Å². The summed E-state index contributed by atoms with van der Waals surface area (Å²) in [5.74, 6) is 0. The zero-order chi connectivity index (χ0) is 13.1. The standard InChI is InChI=1S/C17H19N/c1-12-8-16(11-17(18)9-12)7-6-15-5-4-13(2)14(3)10-15/h4-11H,18H2,1-3H3/b7-6+. The molecule has 2 rings (SSSR count). The van der Waals surface area contributed by atoms with Crippen LogP contribution in [0.4, 0.5) is 5.69 Å². The summed E-state index contributed by atoms with van der Waals surface area (Å²) in [5.41, 5.74) is 12.9. The van der Waals surface area contributed by atoms with Crippen LogP contribution in [0.2, 0.25) is 0 Å². The van der Waals surface area contributed by atoms with Crippen LogP contribution in [0.5, 0.6) is 0 Å². The third kappa shape index (κ3) is 3.01. The van der Waals surface area contributed by atoms with Gasteiger partial charge in [-0.05, 0) is 60.7 Å². The van der Waals surface area contributed by atoms with Gasteiger partial charge >= 0.3 is 0 Å². The minimum atomic E-state index is 0.815. The Morgan fingerprint density at radius 3 is 2.17 bits per heavy atom. The van der Waals surface area contributed by atoms with Gasteiger partial charge in [-0.15, -0.1) is 0 Å². The van der Waals surface area contributed by atoms with Crippen LogP contribution in [-0.2, 0) is 0 Å². The molecule has 1 nitrogen and oxygen atoms in total. The van der Waals surface area contributed by atoms with E-state index in [-0.39, 0.29) is 0 Å². The number of benzene rings is 2. The minimum Gasteiger partial charge on any atom is -0.399 e. The van der Waals surface area contributed by atoms with E-state index in [0.717, 1.165) is 11.3 Å². The third-order valence-corrected chi connectivity index (χ3v) is 3.12. The summed E-state index contributed by atoms with van der Waals surface area (Å²) in [6.45, 7) is 6.32. The number of hydrogen-bond acceptors (Lipinski definition) is 1. The Morgan fingerprint density at radius 1 is 0.778 bits per heavy atom. The first kappa shape index (κ1) is 12.4. The van der Waals surface area contributed by atoms with Crippen LogP contribution in [-0.4, -0.2) is 0 Å². The smallest absolute Gasteiger partial charge is 0.0322 e. The molecule has 0 aliphatic carbocycles. The third-order valence-electron chi connectivity index (χ3n) is 3.12. The van der Waals surface area contributed by atoms with Crippen molar-refractivity contribution in [3.63, 3.8) is 0 Å². The summed E-state index contributed by atoms with van der Waals surface area (Å²) in [4.78, 5) is 0. The number of aryl methyl sites for hydroxylation is 3. The second-order valence-electron chi connectivity index (χ2n) is 4.85. The van der Waals surface area contributed by atoms with Crippen LogP contribution in [0.1, 0.15) is 27.8 Å². The van der Waals surface area contributed by atoms with E-state index in [1.807, 2.05) is 12.1 Å².